The van der Waals surface area contributed by atoms with E-state index in [1.165, 1.54) is 0 Å². The van der Waals surface area contributed by atoms with Gasteiger partial charge in [0.1, 0.15) is 6.61 Å². The molecule has 164 valence electrons. The molecule has 5 nitrogen and oxygen atoms in total. The molecule has 0 saturated carbocycles. The van der Waals surface area contributed by atoms with Crippen molar-refractivity contribution < 1.29 is 24.2 Å². The summed E-state index contributed by atoms with van der Waals surface area (Å²) in [5.41, 5.74) is 0.990. The number of carbonyl (C=O) groups is 2. The Morgan fingerprint density at radius 2 is 1.55 bits per heavy atom. The number of aliphatic hydroxyl groups is 1. The second-order valence-electron chi connectivity index (χ2n) is 7.89. The Hall–Kier alpha value is -2.92. The van der Waals surface area contributed by atoms with Crippen LogP contribution in [0.25, 0.3) is 21.5 Å². The van der Waals surface area contributed by atoms with Gasteiger partial charge in [0.25, 0.3) is 0 Å². The van der Waals surface area contributed by atoms with Crippen LogP contribution in [-0.2, 0) is 25.7 Å². The third kappa shape index (κ3) is 5.61. The predicted molar refractivity (Wildman–Crippen MR) is 121 cm³/mol. The lowest BCUT2D eigenvalue weighted by Gasteiger charge is -2.18. The minimum Gasteiger partial charge on any atom is -0.465 e. The van der Waals surface area contributed by atoms with E-state index >= 15 is 0 Å². The minimum atomic E-state index is -0.420. The second-order valence-corrected chi connectivity index (χ2v) is 7.89. The van der Waals surface area contributed by atoms with Gasteiger partial charge in [-0.3, -0.25) is 9.59 Å². The number of rotatable bonds is 10. The van der Waals surface area contributed by atoms with Gasteiger partial charge in [-0.05, 0) is 40.5 Å². The molecule has 0 aliphatic carbocycles. The molecule has 0 saturated heterocycles. The number of hydrogen-bond acceptors (Lipinski definition) is 5. The molecule has 0 spiro atoms. The van der Waals surface area contributed by atoms with Crippen molar-refractivity contribution in [3.05, 3.63) is 60.2 Å². The number of carbonyl (C=O) groups excluding carboxylic acids is 2. The summed E-state index contributed by atoms with van der Waals surface area (Å²) in [4.78, 5) is 24.9. The lowest BCUT2D eigenvalue weighted by Crippen LogP contribution is -2.24. The number of hydrogen-bond donors (Lipinski definition) is 1. The first kappa shape index (κ1) is 22.8. The van der Waals surface area contributed by atoms with Gasteiger partial charge in [-0.2, -0.15) is 0 Å². The molecule has 3 aromatic carbocycles. The summed E-state index contributed by atoms with van der Waals surface area (Å²) in [7, 11) is 0. The molecule has 5 heteroatoms. The maximum atomic E-state index is 12.7. The minimum absolute atomic E-state index is 0.0182. The Labute approximate surface area is 183 Å². The van der Waals surface area contributed by atoms with Gasteiger partial charge >= 0.3 is 11.9 Å². The molecule has 0 aliphatic rings. The van der Waals surface area contributed by atoms with E-state index in [-0.39, 0.29) is 37.7 Å². The van der Waals surface area contributed by atoms with Gasteiger partial charge in [0, 0.05) is 18.6 Å². The molecule has 2 atom stereocenters. The molecule has 0 bridgehead atoms. The van der Waals surface area contributed by atoms with Crippen molar-refractivity contribution in [3.8, 4) is 0 Å². The van der Waals surface area contributed by atoms with Gasteiger partial charge in [-0.25, -0.2) is 0 Å². The van der Waals surface area contributed by atoms with E-state index in [0.29, 0.717) is 19.3 Å². The summed E-state index contributed by atoms with van der Waals surface area (Å²) >= 11 is 0. The zero-order chi connectivity index (χ0) is 22.2. The van der Waals surface area contributed by atoms with Crippen LogP contribution in [-0.4, -0.2) is 30.3 Å². The fourth-order valence-electron chi connectivity index (χ4n) is 3.86. The predicted octanol–water partition coefficient (Wildman–Crippen LogP) is 5.01. The number of aliphatic hydroxyl groups excluding tert-OH is 1. The Bertz CT molecular complexity index is 988. The van der Waals surface area contributed by atoms with Crippen LogP contribution >= 0.6 is 0 Å². The van der Waals surface area contributed by atoms with Crippen molar-refractivity contribution in [1.29, 1.82) is 0 Å². The highest BCUT2D eigenvalue weighted by molar-refractivity contribution is 6.02. The Kier molecular flexibility index (Phi) is 8.01. The molecule has 3 aromatic rings. The number of esters is 2. The van der Waals surface area contributed by atoms with E-state index < -0.39 is 5.92 Å². The molecular formula is C26H30O5. The summed E-state index contributed by atoms with van der Waals surface area (Å²) < 4.78 is 10.9. The van der Waals surface area contributed by atoms with Gasteiger partial charge in [-0.15, -0.1) is 0 Å². The van der Waals surface area contributed by atoms with Gasteiger partial charge in [0.05, 0.1) is 18.4 Å². The van der Waals surface area contributed by atoms with Crippen molar-refractivity contribution >= 4 is 33.5 Å². The highest BCUT2D eigenvalue weighted by Crippen LogP contribution is 2.29. The zero-order valence-corrected chi connectivity index (χ0v) is 18.2. The highest BCUT2D eigenvalue weighted by Gasteiger charge is 2.25. The number of fused-ring (bicyclic) bond motifs is 2. The standard InChI is InChI=1S/C26H30O5/c1-3-19(26(29)30-14-8-13-27)15-18(2)25(28)31-17-24-22-11-6-4-9-20(22)16-21-10-5-7-12-23(21)24/h4-7,9-12,16,18-19,27H,3,8,13-15,17H2,1-2H3. The maximum absolute atomic E-state index is 12.7. The molecule has 1 N–H and O–H groups in total. The molecule has 31 heavy (non-hydrogen) atoms. The lowest BCUT2D eigenvalue weighted by atomic mass is 9.93. The number of benzene rings is 3. The van der Waals surface area contributed by atoms with Crippen LogP contribution in [0.4, 0.5) is 0 Å². The summed E-state index contributed by atoms with van der Waals surface area (Å²) in [6, 6.07) is 18.3. The normalized spacial score (nSPS) is 13.1. The van der Waals surface area contributed by atoms with Gasteiger partial charge in [0.2, 0.25) is 0 Å². The Morgan fingerprint density at radius 1 is 0.935 bits per heavy atom. The fourth-order valence-corrected chi connectivity index (χ4v) is 3.86. The molecule has 0 fully saturated rings. The smallest absolute Gasteiger partial charge is 0.309 e. The molecule has 3 rings (SSSR count). The summed E-state index contributed by atoms with van der Waals surface area (Å²) in [5, 5.41) is 13.2. The van der Waals surface area contributed by atoms with E-state index in [1.54, 1.807) is 6.92 Å². The molecule has 0 heterocycles. The van der Waals surface area contributed by atoms with E-state index in [1.807, 2.05) is 43.3 Å². The topological polar surface area (TPSA) is 72.8 Å². The van der Waals surface area contributed by atoms with Crippen LogP contribution in [0.3, 0.4) is 0 Å². The average molecular weight is 423 g/mol. The summed E-state index contributed by atoms with van der Waals surface area (Å²) in [6.07, 6.45) is 1.38. The van der Waals surface area contributed by atoms with E-state index in [9.17, 15) is 9.59 Å². The molecule has 0 amide bonds. The first-order valence-corrected chi connectivity index (χ1v) is 10.9. The Balaban J connectivity index is 1.69. The molecule has 0 aromatic heterocycles. The average Bonchev–Trinajstić information content (AvgIpc) is 2.79. The second kappa shape index (κ2) is 10.9. The van der Waals surface area contributed by atoms with Crippen LogP contribution < -0.4 is 0 Å². The monoisotopic (exact) mass is 422 g/mol. The fraction of sp³-hybridized carbons (Fsp3) is 0.385. The van der Waals surface area contributed by atoms with Crippen molar-refractivity contribution in [1.82, 2.24) is 0 Å². The van der Waals surface area contributed by atoms with E-state index in [0.717, 1.165) is 27.1 Å². The maximum Gasteiger partial charge on any atom is 0.309 e. The van der Waals surface area contributed by atoms with Crippen molar-refractivity contribution in [3.63, 3.8) is 0 Å². The summed E-state index contributed by atoms with van der Waals surface area (Å²) in [6.45, 7) is 4.04. The van der Waals surface area contributed by atoms with E-state index in [4.69, 9.17) is 14.6 Å². The first-order valence-electron chi connectivity index (χ1n) is 10.9. The van der Waals surface area contributed by atoms with Crippen molar-refractivity contribution in [2.75, 3.05) is 13.2 Å². The largest absolute Gasteiger partial charge is 0.465 e. The van der Waals surface area contributed by atoms with Crippen LogP contribution in [0.1, 0.15) is 38.7 Å². The van der Waals surface area contributed by atoms with Gasteiger partial charge < -0.3 is 14.6 Å². The van der Waals surface area contributed by atoms with Crippen LogP contribution in [0, 0.1) is 11.8 Å². The zero-order valence-electron chi connectivity index (χ0n) is 18.2. The van der Waals surface area contributed by atoms with Gasteiger partial charge in [0.15, 0.2) is 0 Å². The third-order valence-corrected chi connectivity index (χ3v) is 5.65. The molecule has 0 radical (unpaired) electrons. The first-order chi connectivity index (χ1) is 15.0. The van der Waals surface area contributed by atoms with Crippen LogP contribution in [0.2, 0.25) is 0 Å². The van der Waals surface area contributed by atoms with Crippen LogP contribution in [0.15, 0.2) is 54.6 Å². The number of ether oxygens (including phenoxy) is 2. The molecular weight excluding hydrogens is 392 g/mol. The quantitative estimate of drug-likeness (QED) is 0.282. The third-order valence-electron chi connectivity index (χ3n) is 5.65. The highest BCUT2D eigenvalue weighted by atomic mass is 16.5. The Morgan fingerprint density at radius 3 is 2.13 bits per heavy atom. The molecule has 2 unspecified atom stereocenters. The van der Waals surface area contributed by atoms with Crippen LogP contribution in [0.5, 0.6) is 0 Å². The van der Waals surface area contributed by atoms with E-state index in [2.05, 4.69) is 18.2 Å². The summed E-state index contributed by atoms with van der Waals surface area (Å²) in [5.74, 6) is -1.43. The van der Waals surface area contributed by atoms with Crippen molar-refractivity contribution in [2.24, 2.45) is 11.8 Å². The van der Waals surface area contributed by atoms with Gasteiger partial charge in [-0.1, -0.05) is 62.4 Å². The van der Waals surface area contributed by atoms with Crippen molar-refractivity contribution in [2.45, 2.75) is 39.7 Å². The SMILES string of the molecule is CCC(CC(C)C(=O)OCc1c2ccccc2cc2ccccc12)C(=O)OCCCO. The molecule has 0 aliphatic heterocycles. The lowest BCUT2D eigenvalue weighted by molar-refractivity contribution is -0.153.